The number of ether oxygens (including phenoxy) is 1. The molecule has 0 bridgehead atoms. The van der Waals surface area contributed by atoms with Crippen molar-refractivity contribution in [2.45, 2.75) is 19.6 Å². The predicted molar refractivity (Wildman–Crippen MR) is 101 cm³/mol. The summed E-state index contributed by atoms with van der Waals surface area (Å²) in [6.45, 7) is 2.04. The number of aryl methyl sites for hydroxylation is 1. The number of rotatable bonds is 4. The summed E-state index contributed by atoms with van der Waals surface area (Å²) in [6, 6.07) is 7.57. The quantitative estimate of drug-likeness (QED) is 0.597. The van der Waals surface area contributed by atoms with Gasteiger partial charge in [0.25, 0.3) is 5.56 Å². The molecule has 0 aliphatic heterocycles. The number of aliphatic hydroxyl groups excluding tert-OH is 1. The van der Waals surface area contributed by atoms with Gasteiger partial charge in [-0.2, -0.15) is 5.10 Å². The van der Waals surface area contributed by atoms with Crippen molar-refractivity contribution >= 4 is 32.6 Å². The Morgan fingerprint density at radius 3 is 2.92 bits per heavy atom. The SMILES string of the molecule is COc1cccc(Cn2ncc3c4sc(C(C)O)nc4n(C)c3c2=O)c1. The van der Waals surface area contributed by atoms with Crippen LogP contribution in [0.3, 0.4) is 0 Å². The molecule has 4 aromatic rings. The zero-order chi connectivity index (χ0) is 18.4. The average Bonchev–Trinajstić information content (AvgIpc) is 3.18. The lowest BCUT2D eigenvalue weighted by Gasteiger charge is -2.07. The van der Waals surface area contributed by atoms with Crippen molar-refractivity contribution in [2.75, 3.05) is 7.11 Å². The van der Waals surface area contributed by atoms with Gasteiger partial charge in [-0.3, -0.25) is 4.79 Å². The van der Waals surface area contributed by atoms with E-state index in [-0.39, 0.29) is 5.56 Å². The molecule has 0 aliphatic carbocycles. The van der Waals surface area contributed by atoms with Gasteiger partial charge in [0.05, 0.1) is 24.6 Å². The first kappa shape index (κ1) is 16.7. The molecule has 1 unspecified atom stereocenters. The van der Waals surface area contributed by atoms with Gasteiger partial charge >= 0.3 is 0 Å². The third kappa shape index (κ3) is 2.58. The summed E-state index contributed by atoms with van der Waals surface area (Å²) in [4.78, 5) is 17.4. The van der Waals surface area contributed by atoms with Crippen LogP contribution in [-0.4, -0.2) is 31.5 Å². The summed E-state index contributed by atoms with van der Waals surface area (Å²) >= 11 is 1.39. The van der Waals surface area contributed by atoms with Crippen molar-refractivity contribution in [3.05, 3.63) is 51.4 Å². The third-order valence-electron chi connectivity index (χ3n) is 4.37. The van der Waals surface area contributed by atoms with E-state index in [2.05, 4.69) is 10.1 Å². The molecule has 1 aromatic carbocycles. The van der Waals surface area contributed by atoms with E-state index >= 15 is 0 Å². The molecule has 7 nitrogen and oxygen atoms in total. The van der Waals surface area contributed by atoms with Crippen LogP contribution >= 0.6 is 11.3 Å². The van der Waals surface area contributed by atoms with E-state index in [9.17, 15) is 9.90 Å². The number of methoxy groups -OCH3 is 1. The highest BCUT2D eigenvalue weighted by molar-refractivity contribution is 7.19. The molecule has 3 heterocycles. The lowest BCUT2D eigenvalue weighted by molar-refractivity contribution is 0.199. The summed E-state index contributed by atoms with van der Waals surface area (Å²) < 4.78 is 9.32. The number of aromatic nitrogens is 4. The summed E-state index contributed by atoms with van der Waals surface area (Å²) in [5, 5.41) is 15.5. The number of fused-ring (bicyclic) bond motifs is 3. The van der Waals surface area contributed by atoms with Gasteiger partial charge in [0.1, 0.15) is 22.4 Å². The molecule has 1 N–H and O–H groups in total. The smallest absolute Gasteiger partial charge is 0.291 e. The van der Waals surface area contributed by atoms with Gasteiger partial charge in [-0.1, -0.05) is 12.1 Å². The Labute approximate surface area is 153 Å². The monoisotopic (exact) mass is 370 g/mol. The summed E-state index contributed by atoms with van der Waals surface area (Å²) in [7, 11) is 3.42. The Balaban J connectivity index is 1.84. The van der Waals surface area contributed by atoms with Crippen molar-refractivity contribution in [1.82, 2.24) is 19.3 Å². The highest BCUT2D eigenvalue weighted by Gasteiger charge is 2.19. The van der Waals surface area contributed by atoms with E-state index in [4.69, 9.17) is 4.74 Å². The van der Waals surface area contributed by atoms with Crippen LogP contribution in [0.25, 0.3) is 21.3 Å². The van der Waals surface area contributed by atoms with Gasteiger partial charge in [0, 0.05) is 12.4 Å². The molecule has 3 aromatic heterocycles. The minimum absolute atomic E-state index is 0.170. The first-order valence-electron chi connectivity index (χ1n) is 8.15. The Morgan fingerprint density at radius 2 is 2.19 bits per heavy atom. The molecule has 134 valence electrons. The third-order valence-corrected chi connectivity index (χ3v) is 5.61. The minimum Gasteiger partial charge on any atom is -0.497 e. The lowest BCUT2D eigenvalue weighted by atomic mass is 10.2. The molecule has 0 saturated carbocycles. The molecule has 0 fully saturated rings. The van der Waals surface area contributed by atoms with Gasteiger partial charge in [-0.05, 0) is 24.6 Å². The minimum atomic E-state index is -0.635. The predicted octanol–water partition coefficient (Wildman–Crippen LogP) is 2.45. The zero-order valence-corrected chi connectivity index (χ0v) is 15.4. The lowest BCUT2D eigenvalue weighted by Crippen LogP contribution is -2.24. The van der Waals surface area contributed by atoms with E-state index < -0.39 is 6.10 Å². The normalized spacial score (nSPS) is 12.8. The van der Waals surface area contributed by atoms with Crippen molar-refractivity contribution in [3.8, 4) is 5.75 Å². The standard InChI is InChI=1S/C18H18N4O3S/c1-10(23)17-20-16-15(26-17)13-8-19-22(18(24)14(13)21(16)2)9-11-5-4-6-12(7-11)25-3/h4-8,10,23H,9H2,1-3H3. The highest BCUT2D eigenvalue weighted by atomic mass is 32.1. The summed E-state index contributed by atoms with van der Waals surface area (Å²) in [6.07, 6.45) is 1.06. The van der Waals surface area contributed by atoms with Gasteiger partial charge in [-0.15, -0.1) is 11.3 Å². The van der Waals surface area contributed by atoms with Crippen molar-refractivity contribution < 1.29 is 9.84 Å². The number of benzene rings is 1. The number of aliphatic hydroxyl groups is 1. The fourth-order valence-corrected chi connectivity index (χ4v) is 4.09. The second-order valence-electron chi connectivity index (χ2n) is 6.16. The Hall–Kier alpha value is -2.71. The van der Waals surface area contributed by atoms with E-state index in [1.807, 2.05) is 31.3 Å². The Kier molecular flexibility index (Phi) is 4.01. The van der Waals surface area contributed by atoms with Crippen molar-refractivity contribution in [1.29, 1.82) is 0 Å². The largest absolute Gasteiger partial charge is 0.497 e. The average molecular weight is 370 g/mol. The Bertz CT molecular complexity index is 1170. The highest BCUT2D eigenvalue weighted by Crippen LogP contribution is 2.33. The van der Waals surface area contributed by atoms with Crippen molar-refractivity contribution in [2.24, 2.45) is 7.05 Å². The second kappa shape index (κ2) is 6.22. The molecular weight excluding hydrogens is 352 g/mol. The van der Waals surface area contributed by atoms with Gasteiger partial charge in [0.2, 0.25) is 0 Å². The van der Waals surface area contributed by atoms with Crippen LogP contribution in [0.1, 0.15) is 23.6 Å². The molecule has 8 heteroatoms. The number of hydrogen-bond donors (Lipinski definition) is 1. The van der Waals surface area contributed by atoms with Crippen LogP contribution in [-0.2, 0) is 13.6 Å². The van der Waals surface area contributed by atoms with Gasteiger partial charge in [-0.25, -0.2) is 9.67 Å². The van der Waals surface area contributed by atoms with Crippen molar-refractivity contribution in [3.63, 3.8) is 0 Å². The number of thiazole rings is 1. The maximum absolute atomic E-state index is 13.0. The maximum atomic E-state index is 13.0. The van der Waals surface area contributed by atoms with Crippen LogP contribution < -0.4 is 10.3 Å². The van der Waals surface area contributed by atoms with Gasteiger partial charge in [0.15, 0.2) is 5.65 Å². The van der Waals surface area contributed by atoms with Gasteiger partial charge < -0.3 is 14.4 Å². The number of nitrogens with zero attached hydrogens (tertiary/aromatic N) is 4. The van der Waals surface area contributed by atoms with Crippen LogP contribution in [0.15, 0.2) is 35.3 Å². The molecule has 0 spiro atoms. The molecule has 0 aliphatic rings. The van der Waals surface area contributed by atoms with Crippen LogP contribution in [0.5, 0.6) is 5.75 Å². The fraction of sp³-hybridized carbons (Fsp3) is 0.278. The second-order valence-corrected chi connectivity index (χ2v) is 7.19. The van der Waals surface area contributed by atoms with E-state index in [1.54, 1.807) is 24.8 Å². The van der Waals surface area contributed by atoms with Crippen LogP contribution in [0, 0.1) is 0 Å². The molecular formula is C18H18N4O3S. The molecule has 0 saturated heterocycles. The first-order valence-corrected chi connectivity index (χ1v) is 8.97. The Morgan fingerprint density at radius 1 is 1.38 bits per heavy atom. The molecule has 4 rings (SSSR count). The summed E-state index contributed by atoms with van der Waals surface area (Å²) in [5.74, 6) is 0.742. The zero-order valence-electron chi connectivity index (χ0n) is 14.6. The van der Waals surface area contributed by atoms with Crippen LogP contribution in [0.4, 0.5) is 0 Å². The first-order chi connectivity index (χ1) is 12.5. The molecule has 0 radical (unpaired) electrons. The fourth-order valence-electron chi connectivity index (χ4n) is 3.04. The maximum Gasteiger partial charge on any atom is 0.291 e. The van der Waals surface area contributed by atoms with E-state index in [0.29, 0.717) is 22.7 Å². The topological polar surface area (TPSA) is 82.2 Å². The van der Waals surface area contributed by atoms with E-state index in [1.165, 1.54) is 16.0 Å². The van der Waals surface area contributed by atoms with E-state index in [0.717, 1.165) is 21.4 Å². The molecule has 26 heavy (non-hydrogen) atoms. The van der Waals surface area contributed by atoms with Crippen LogP contribution in [0.2, 0.25) is 0 Å². The number of hydrogen-bond acceptors (Lipinski definition) is 6. The molecule has 1 atom stereocenters. The summed E-state index contributed by atoms with van der Waals surface area (Å²) in [5.41, 5.74) is 2.02. The molecule has 0 amide bonds.